The summed E-state index contributed by atoms with van der Waals surface area (Å²) in [5.41, 5.74) is 14.8. The molecule has 1 aromatic heterocycles. The van der Waals surface area contributed by atoms with Gasteiger partial charge in [-0.25, -0.2) is 0 Å². The van der Waals surface area contributed by atoms with E-state index in [1.165, 1.54) is 26.4 Å². The first-order valence-electron chi connectivity index (χ1n) is 12.1. The number of methoxy groups -OCH3 is 1. The third kappa shape index (κ3) is 6.70. The van der Waals surface area contributed by atoms with Crippen LogP contribution in [0.5, 0.6) is 0 Å². The molecule has 2 atom stereocenters. The Morgan fingerprint density at radius 3 is 2.25 bits per heavy atom. The lowest BCUT2D eigenvalue weighted by molar-refractivity contribution is -0.137. The fourth-order valence-corrected chi connectivity index (χ4v) is 5.32. The summed E-state index contributed by atoms with van der Waals surface area (Å²) in [4.78, 5) is 5.98. The van der Waals surface area contributed by atoms with Gasteiger partial charge in [-0.2, -0.15) is 13.2 Å². The topological polar surface area (TPSA) is 113 Å². The molecule has 1 aliphatic carbocycles. The quantitative estimate of drug-likeness (QED) is 0.321. The van der Waals surface area contributed by atoms with E-state index in [9.17, 15) is 13.2 Å². The number of nitrogens with zero attached hydrogens (tertiary/aromatic N) is 2. The van der Waals surface area contributed by atoms with Crippen molar-refractivity contribution in [1.29, 1.82) is 0 Å². The van der Waals surface area contributed by atoms with Crippen molar-refractivity contribution in [2.45, 2.75) is 43.6 Å². The molecule has 0 bridgehead atoms. The van der Waals surface area contributed by atoms with E-state index in [1.807, 2.05) is 0 Å². The van der Waals surface area contributed by atoms with Gasteiger partial charge in [-0.15, -0.1) is 0 Å². The molecule has 3 aliphatic rings. The van der Waals surface area contributed by atoms with E-state index >= 15 is 0 Å². The van der Waals surface area contributed by atoms with Gasteiger partial charge in [0.2, 0.25) is 0 Å². The molecule has 6 N–H and O–H groups in total. The third-order valence-electron chi connectivity index (χ3n) is 7.38. The summed E-state index contributed by atoms with van der Waals surface area (Å²) in [5, 5.41) is -0.603. The first-order chi connectivity index (χ1) is 16.9. The molecule has 3 fully saturated rings. The number of nitrogens with two attached hydrogens (primary N) is 3. The standard InChI is InChI=1S/C13H21B2NO.C11H13F3N4O/c14-13(15,12-4-6-17-7-5-12)16-8-10-2-1-3-11(10)9-16;1-19-9(10(16)17)4-8(15)6-5-18-3-2-7(6)11(12,13)14/h10-12H,1-9H2;2-5H,15-17H2,1H3/b;8-4-/t10-,11+;. The van der Waals surface area contributed by atoms with Crippen molar-refractivity contribution < 1.29 is 22.6 Å². The minimum atomic E-state index is -4.54. The number of rotatable bonds is 5. The zero-order chi connectivity index (χ0) is 26.5. The van der Waals surface area contributed by atoms with Crippen LogP contribution < -0.4 is 17.2 Å². The van der Waals surface area contributed by atoms with Gasteiger partial charge in [0.05, 0.1) is 28.4 Å². The second kappa shape index (κ2) is 11.8. The number of pyridine rings is 1. The Hall–Kier alpha value is -2.33. The molecule has 4 rings (SSSR count). The summed E-state index contributed by atoms with van der Waals surface area (Å²) in [6, 6.07) is 0.831. The Balaban J connectivity index is 0.000000201. The van der Waals surface area contributed by atoms with Gasteiger partial charge in [0, 0.05) is 56.0 Å². The summed E-state index contributed by atoms with van der Waals surface area (Å²) < 4.78 is 48.6. The third-order valence-corrected chi connectivity index (χ3v) is 7.38. The summed E-state index contributed by atoms with van der Waals surface area (Å²) >= 11 is 0. The molecule has 36 heavy (non-hydrogen) atoms. The number of allylic oxidation sites excluding steroid dienone is 1. The summed E-state index contributed by atoms with van der Waals surface area (Å²) in [7, 11) is 14.2. The van der Waals surface area contributed by atoms with Crippen LogP contribution in [0.25, 0.3) is 5.70 Å². The first-order valence-corrected chi connectivity index (χ1v) is 12.1. The maximum absolute atomic E-state index is 12.8. The van der Waals surface area contributed by atoms with Gasteiger partial charge >= 0.3 is 6.18 Å². The van der Waals surface area contributed by atoms with Gasteiger partial charge in [0.25, 0.3) is 0 Å². The average molecular weight is 503 g/mol. The molecule has 1 aromatic rings. The number of alkyl halides is 3. The number of fused-ring (bicyclic) bond motifs is 1. The van der Waals surface area contributed by atoms with E-state index in [4.69, 9.17) is 42.4 Å². The maximum Gasteiger partial charge on any atom is 0.417 e. The van der Waals surface area contributed by atoms with Crippen molar-refractivity contribution in [3.8, 4) is 0 Å². The van der Waals surface area contributed by atoms with E-state index in [0.717, 1.165) is 75.5 Å². The second-order valence-electron chi connectivity index (χ2n) is 9.67. The molecule has 3 heterocycles. The predicted molar refractivity (Wildman–Crippen MR) is 134 cm³/mol. The molecular formula is C24H34B2F3N5O2. The number of hydrogen-bond donors (Lipinski definition) is 3. The van der Waals surface area contributed by atoms with Gasteiger partial charge in [0.15, 0.2) is 5.76 Å². The van der Waals surface area contributed by atoms with E-state index in [2.05, 4.69) is 9.88 Å². The average Bonchev–Trinajstić information content (AvgIpc) is 3.46. The fraction of sp³-hybridized carbons (Fsp3) is 0.625. The zero-order valence-corrected chi connectivity index (χ0v) is 20.6. The Kier molecular flexibility index (Phi) is 9.27. The molecule has 4 radical (unpaired) electrons. The van der Waals surface area contributed by atoms with Gasteiger partial charge in [0.1, 0.15) is 5.82 Å². The van der Waals surface area contributed by atoms with Crippen LogP contribution in [0.4, 0.5) is 13.2 Å². The maximum atomic E-state index is 12.8. The minimum Gasteiger partial charge on any atom is -0.493 e. The van der Waals surface area contributed by atoms with Crippen molar-refractivity contribution >= 4 is 21.4 Å². The van der Waals surface area contributed by atoms with Gasteiger partial charge in [-0.05, 0) is 49.5 Å². The lowest BCUT2D eigenvalue weighted by Gasteiger charge is -2.45. The first kappa shape index (κ1) is 28.2. The molecule has 2 saturated heterocycles. The fourth-order valence-electron chi connectivity index (χ4n) is 5.32. The van der Waals surface area contributed by atoms with Crippen LogP contribution in [0.1, 0.15) is 43.2 Å². The summed E-state index contributed by atoms with van der Waals surface area (Å²) in [5.74, 6) is 1.91. The van der Waals surface area contributed by atoms with Crippen LogP contribution in [0.3, 0.4) is 0 Å². The number of hydrogen-bond acceptors (Lipinski definition) is 7. The molecular weight excluding hydrogens is 469 g/mol. The lowest BCUT2D eigenvalue weighted by atomic mass is 9.52. The molecule has 12 heteroatoms. The van der Waals surface area contributed by atoms with Gasteiger partial charge in [-0.1, -0.05) is 11.8 Å². The molecule has 7 nitrogen and oxygen atoms in total. The molecule has 194 valence electrons. The highest BCUT2D eigenvalue weighted by Gasteiger charge is 2.43. The molecule has 0 spiro atoms. The number of aromatic nitrogens is 1. The lowest BCUT2D eigenvalue weighted by Crippen LogP contribution is -2.55. The van der Waals surface area contributed by atoms with Crippen LogP contribution in [0.2, 0.25) is 0 Å². The molecule has 0 amide bonds. The Morgan fingerprint density at radius 2 is 1.72 bits per heavy atom. The van der Waals surface area contributed by atoms with Gasteiger partial charge < -0.3 is 31.6 Å². The van der Waals surface area contributed by atoms with Crippen LogP contribution in [0.15, 0.2) is 36.1 Å². The van der Waals surface area contributed by atoms with E-state index < -0.39 is 17.1 Å². The van der Waals surface area contributed by atoms with Crippen molar-refractivity contribution in [1.82, 2.24) is 9.88 Å². The molecule has 1 saturated carbocycles. The van der Waals surface area contributed by atoms with Crippen molar-refractivity contribution in [3.05, 3.63) is 47.2 Å². The van der Waals surface area contributed by atoms with Gasteiger partial charge in [-0.3, -0.25) is 4.98 Å². The van der Waals surface area contributed by atoms with E-state index in [-0.39, 0.29) is 22.8 Å². The second-order valence-corrected chi connectivity index (χ2v) is 9.67. The molecule has 2 aliphatic heterocycles. The molecule has 0 unspecified atom stereocenters. The Bertz CT molecular complexity index is 936. The molecule has 0 aromatic carbocycles. The normalized spacial score (nSPS) is 23.5. The number of likely N-dealkylation sites (tertiary alicyclic amines) is 1. The number of ether oxygens (including phenoxy) is 2. The highest BCUT2D eigenvalue weighted by molar-refractivity contribution is 6.40. The smallest absolute Gasteiger partial charge is 0.417 e. The highest BCUT2D eigenvalue weighted by atomic mass is 19.4. The SMILES string of the molecule is COC(/C=C(\N)c1cnccc1C(F)(F)F)=C(N)N.[B]C([B])(C1CCOCC1)N1C[C@H]2CCC[C@H]2C1. The largest absolute Gasteiger partial charge is 0.493 e. The Morgan fingerprint density at radius 1 is 1.11 bits per heavy atom. The van der Waals surface area contributed by atoms with Crippen LogP contribution in [0, 0.1) is 17.8 Å². The summed E-state index contributed by atoms with van der Waals surface area (Å²) in [6.07, 6.45) is 4.80. The number of halogens is 3. The predicted octanol–water partition coefficient (Wildman–Crippen LogP) is 2.27. The van der Waals surface area contributed by atoms with Crippen LogP contribution >= 0.6 is 0 Å². The Labute approximate surface area is 213 Å². The van der Waals surface area contributed by atoms with Crippen LogP contribution in [-0.2, 0) is 15.7 Å². The van der Waals surface area contributed by atoms with E-state index in [0.29, 0.717) is 5.92 Å². The van der Waals surface area contributed by atoms with Crippen molar-refractivity contribution in [2.24, 2.45) is 35.0 Å². The zero-order valence-electron chi connectivity index (χ0n) is 20.6. The van der Waals surface area contributed by atoms with Crippen LogP contribution in [-0.4, -0.2) is 64.3 Å². The van der Waals surface area contributed by atoms with Crippen molar-refractivity contribution in [2.75, 3.05) is 33.4 Å². The van der Waals surface area contributed by atoms with E-state index in [1.54, 1.807) is 0 Å². The monoisotopic (exact) mass is 503 g/mol. The highest BCUT2D eigenvalue weighted by Crippen LogP contribution is 2.41. The van der Waals surface area contributed by atoms with Crippen molar-refractivity contribution in [3.63, 3.8) is 0 Å². The summed E-state index contributed by atoms with van der Waals surface area (Å²) in [6.45, 7) is 3.88. The minimum absolute atomic E-state index is 0.0190.